The number of amides is 1. The molecular formula is C19H25NO4. The third kappa shape index (κ3) is 2.33. The van der Waals surface area contributed by atoms with Crippen molar-refractivity contribution in [2.45, 2.75) is 36.9 Å². The fourth-order valence-electron chi connectivity index (χ4n) is 4.82. The van der Waals surface area contributed by atoms with Crippen molar-refractivity contribution < 1.29 is 19.0 Å². The molecule has 1 spiro atoms. The molecular weight excluding hydrogens is 306 g/mol. The van der Waals surface area contributed by atoms with E-state index in [1.165, 1.54) is 5.56 Å². The molecule has 4 rings (SSSR count). The van der Waals surface area contributed by atoms with Gasteiger partial charge in [-0.2, -0.15) is 0 Å². The topological polar surface area (TPSA) is 48.0 Å². The van der Waals surface area contributed by atoms with Gasteiger partial charge in [-0.05, 0) is 30.5 Å². The van der Waals surface area contributed by atoms with Crippen LogP contribution in [0.25, 0.3) is 0 Å². The van der Waals surface area contributed by atoms with Gasteiger partial charge < -0.3 is 19.1 Å². The van der Waals surface area contributed by atoms with Crippen LogP contribution in [0.15, 0.2) is 24.3 Å². The van der Waals surface area contributed by atoms with Crippen LogP contribution in [0.5, 0.6) is 5.75 Å². The van der Waals surface area contributed by atoms with Crippen molar-refractivity contribution in [3.05, 3.63) is 29.8 Å². The van der Waals surface area contributed by atoms with Crippen LogP contribution < -0.4 is 4.74 Å². The van der Waals surface area contributed by atoms with Crippen LogP contribution in [-0.4, -0.2) is 50.5 Å². The van der Waals surface area contributed by atoms with Gasteiger partial charge in [-0.1, -0.05) is 12.1 Å². The largest absolute Gasteiger partial charge is 0.497 e. The molecule has 2 saturated heterocycles. The molecule has 0 aromatic heterocycles. The zero-order valence-electron chi connectivity index (χ0n) is 14.4. The molecule has 1 aromatic carbocycles. The number of carbonyl (C=O) groups excluding carboxylic acids is 1. The highest BCUT2D eigenvalue weighted by atomic mass is 16.7. The molecule has 3 aliphatic rings. The Morgan fingerprint density at radius 2 is 2.04 bits per heavy atom. The lowest BCUT2D eigenvalue weighted by Crippen LogP contribution is -2.58. The van der Waals surface area contributed by atoms with Gasteiger partial charge in [0.2, 0.25) is 5.91 Å². The lowest BCUT2D eigenvalue weighted by atomic mass is 9.57. The molecule has 5 nitrogen and oxygen atoms in total. The van der Waals surface area contributed by atoms with Crippen LogP contribution in [-0.2, 0) is 19.7 Å². The average molecular weight is 331 g/mol. The van der Waals surface area contributed by atoms with Gasteiger partial charge in [0.15, 0.2) is 5.79 Å². The molecule has 1 aromatic rings. The van der Waals surface area contributed by atoms with E-state index < -0.39 is 5.79 Å². The summed E-state index contributed by atoms with van der Waals surface area (Å²) >= 11 is 0. The van der Waals surface area contributed by atoms with E-state index in [1.807, 2.05) is 24.1 Å². The summed E-state index contributed by atoms with van der Waals surface area (Å²) in [6.45, 7) is 2.06. The number of benzene rings is 1. The molecule has 3 fully saturated rings. The number of piperidine rings is 1. The zero-order chi connectivity index (χ0) is 16.8. The minimum Gasteiger partial charge on any atom is -0.497 e. The van der Waals surface area contributed by atoms with Gasteiger partial charge >= 0.3 is 0 Å². The summed E-state index contributed by atoms with van der Waals surface area (Å²) in [6.07, 6.45) is 3.28. The number of carbonyl (C=O) groups is 1. The fraction of sp³-hybridized carbons (Fsp3) is 0.632. The number of hydrogen-bond acceptors (Lipinski definition) is 4. The summed E-state index contributed by atoms with van der Waals surface area (Å²) in [5.41, 5.74) is 0.937. The molecule has 2 atom stereocenters. The van der Waals surface area contributed by atoms with E-state index in [2.05, 4.69) is 12.1 Å². The summed E-state index contributed by atoms with van der Waals surface area (Å²) in [5.74, 6) is 0.550. The van der Waals surface area contributed by atoms with Gasteiger partial charge in [0, 0.05) is 37.8 Å². The highest BCUT2D eigenvalue weighted by Crippen LogP contribution is 2.54. The zero-order valence-corrected chi connectivity index (χ0v) is 14.4. The van der Waals surface area contributed by atoms with Crippen molar-refractivity contribution in [3.8, 4) is 5.75 Å². The minimum absolute atomic E-state index is 0.0122. The minimum atomic E-state index is -0.518. The first-order chi connectivity index (χ1) is 11.6. The number of hydrogen-bond donors (Lipinski definition) is 0. The van der Waals surface area contributed by atoms with Crippen LogP contribution in [0.1, 0.15) is 31.2 Å². The predicted molar refractivity (Wildman–Crippen MR) is 88.9 cm³/mol. The first-order valence-corrected chi connectivity index (χ1v) is 8.76. The Balaban J connectivity index is 1.79. The number of likely N-dealkylation sites (tertiary alicyclic amines) is 1. The molecule has 2 aliphatic heterocycles. The van der Waals surface area contributed by atoms with E-state index in [9.17, 15) is 4.79 Å². The quantitative estimate of drug-likeness (QED) is 0.835. The summed E-state index contributed by atoms with van der Waals surface area (Å²) in [6, 6.07) is 8.18. The standard InChI is InChI=1S/C19H25NO4/c1-20-9-8-18(14-4-3-5-15(12-14)22-2)13-19(23-10-11-24-19)7-6-16(18)17(20)21/h3-5,12,16H,6-11,13H2,1-2H3. The van der Waals surface area contributed by atoms with Gasteiger partial charge in [-0.15, -0.1) is 0 Å². The number of rotatable bonds is 2. The molecule has 24 heavy (non-hydrogen) atoms. The maximum atomic E-state index is 12.9. The van der Waals surface area contributed by atoms with Crippen molar-refractivity contribution in [2.24, 2.45) is 5.92 Å². The molecule has 130 valence electrons. The number of fused-ring (bicyclic) bond motifs is 1. The van der Waals surface area contributed by atoms with Gasteiger partial charge in [0.05, 0.1) is 20.3 Å². The highest BCUT2D eigenvalue weighted by Gasteiger charge is 2.58. The van der Waals surface area contributed by atoms with Crippen LogP contribution in [0.2, 0.25) is 0 Å². The van der Waals surface area contributed by atoms with Crippen LogP contribution in [0, 0.1) is 5.92 Å². The molecule has 5 heteroatoms. The van der Waals surface area contributed by atoms with Crippen LogP contribution >= 0.6 is 0 Å². The Kier molecular flexibility index (Phi) is 3.81. The summed E-state index contributed by atoms with van der Waals surface area (Å²) in [7, 11) is 3.59. The summed E-state index contributed by atoms with van der Waals surface area (Å²) < 4.78 is 17.5. The smallest absolute Gasteiger partial charge is 0.226 e. The third-order valence-corrected chi connectivity index (χ3v) is 6.09. The maximum Gasteiger partial charge on any atom is 0.226 e. The second-order valence-electron chi connectivity index (χ2n) is 7.27. The Hall–Kier alpha value is -1.59. The average Bonchev–Trinajstić information content (AvgIpc) is 3.06. The summed E-state index contributed by atoms with van der Waals surface area (Å²) in [4.78, 5) is 14.8. The number of methoxy groups -OCH3 is 1. The van der Waals surface area contributed by atoms with E-state index in [4.69, 9.17) is 14.2 Å². The number of ether oxygens (including phenoxy) is 3. The normalized spacial score (nSPS) is 32.0. The van der Waals surface area contributed by atoms with Crippen molar-refractivity contribution in [3.63, 3.8) is 0 Å². The monoisotopic (exact) mass is 331 g/mol. The number of nitrogens with zero attached hydrogens (tertiary/aromatic N) is 1. The third-order valence-electron chi connectivity index (χ3n) is 6.09. The van der Waals surface area contributed by atoms with Crippen molar-refractivity contribution in [1.29, 1.82) is 0 Å². The van der Waals surface area contributed by atoms with E-state index in [0.717, 1.165) is 38.0 Å². The van der Waals surface area contributed by atoms with E-state index in [1.54, 1.807) is 7.11 Å². The molecule has 1 saturated carbocycles. The van der Waals surface area contributed by atoms with Gasteiger partial charge in [-0.3, -0.25) is 4.79 Å². The molecule has 1 aliphatic carbocycles. The van der Waals surface area contributed by atoms with Crippen molar-refractivity contribution in [1.82, 2.24) is 4.90 Å². The second kappa shape index (κ2) is 5.74. The van der Waals surface area contributed by atoms with Gasteiger partial charge in [0.25, 0.3) is 0 Å². The van der Waals surface area contributed by atoms with Gasteiger partial charge in [-0.25, -0.2) is 0 Å². The first-order valence-electron chi connectivity index (χ1n) is 8.76. The lowest BCUT2D eigenvalue weighted by Gasteiger charge is -2.53. The molecule has 0 N–H and O–H groups in total. The maximum absolute atomic E-state index is 12.9. The SMILES string of the molecule is COc1cccc(C23CCN(C)C(=O)C2CCC2(C3)OCCO2)c1. The Labute approximate surface area is 142 Å². The Morgan fingerprint density at radius 1 is 1.25 bits per heavy atom. The fourth-order valence-corrected chi connectivity index (χ4v) is 4.82. The Bertz CT molecular complexity index is 640. The van der Waals surface area contributed by atoms with Gasteiger partial charge in [0.1, 0.15) is 5.75 Å². The lowest BCUT2D eigenvalue weighted by molar-refractivity contribution is -0.207. The molecule has 2 unspecified atom stereocenters. The van der Waals surface area contributed by atoms with Crippen molar-refractivity contribution >= 4 is 5.91 Å². The highest BCUT2D eigenvalue weighted by molar-refractivity contribution is 5.82. The summed E-state index contributed by atoms with van der Waals surface area (Å²) in [5, 5.41) is 0. The molecule has 0 radical (unpaired) electrons. The van der Waals surface area contributed by atoms with Crippen LogP contribution in [0.3, 0.4) is 0 Å². The molecule has 2 heterocycles. The van der Waals surface area contributed by atoms with E-state index >= 15 is 0 Å². The van der Waals surface area contributed by atoms with E-state index in [0.29, 0.717) is 13.2 Å². The molecule has 1 amide bonds. The van der Waals surface area contributed by atoms with Crippen LogP contribution in [0.4, 0.5) is 0 Å². The Morgan fingerprint density at radius 3 is 2.79 bits per heavy atom. The molecule has 0 bridgehead atoms. The van der Waals surface area contributed by atoms with Crippen molar-refractivity contribution in [2.75, 3.05) is 33.9 Å². The van der Waals surface area contributed by atoms with E-state index in [-0.39, 0.29) is 17.2 Å². The second-order valence-corrected chi connectivity index (χ2v) is 7.27. The first kappa shape index (κ1) is 15.9. The predicted octanol–water partition coefficient (Wildman–Crippen LogP) is 2.34.